The van der Waals surface area contributed by atoms with Gasteiger partial charge < -0.3 is 4.90 Å². The third-order valence-corrected chi connectivity index (χ3v) is 1.81. The van der Waals surface area contributed by atoms with E-state index >= 15 is 0 Å². The Morgan fingerprint density at radius 2 is 2.36 bits per heavy atom. The SMILES string of the molecule is CN(C)CCn1ccc(Br)n1. The number of halogens is 1. The second-order valence-corrected chi connectivity index (χ2v) is 3.52. The summed E-state index contributed by atoms with van der Waals surface area (Å²) in [6, 6.07) is 1.94. The average Bonchev–Trinajstić information content (AvgIpc) is 2.31. The van der Waals surface area contributed by atoms with Crippen LogP contribution < -0.4 is 0 Å². The molecule has 4 heteroatoms. The molecule has 0 aliphatic carbocycles. The number of likely N-dealkylation sites (N-methyl/N-ethyl adjacent to an activating group) is 1. The molecule has 0 aliphatic rings. The summed E-state index contributed by atoms with van der Waals surface area (Å²) in [7, 11) is 4.11. The smallest absolute Gasteiger partial charge is 0.128 e. The second kappa shape index (κ2) is 3.88. The van der Waals surface area contributed by atoms with Crippen molar-refractivity contribution in [1.82, 2.24) is 14.7 Å². The van der Waals surface area contributed by atoms with E-state index in [9.17, 15) is 0 Å². The van der Waals surface area contributed by atoms with Gasteiger partial charge in [0.15, 0.2) is 0 Å². The highest BCUT2D eigenvalue weighted by atomic mass is 79.9. The first-order valence-corrected chi connectivity index (χ1v) is 4.31. The molecule has 0 aliphatic heterocycles. The Morgan fingerprint density at radius 1 is 1.64 bits per heavy atom. The van der Waals surface area contributed by atoms with Gasteiger partial charge in [0.25, 0.3) is 0 Å². The molecule has 0 aromatic carbocycles. The molecule has 1 aromatic heterocycles. The molecule has 0 atom stereocenters. The second-order valence-electron chi connectivity index (χ2n) is 2.70. The van der Waals surface area contributed by atoms with E-state index < -0.39 is 0 Å². The Bertz CT molecular complexity index is 219. The van der Waals surface area contributed by atoms with Gasteiger partial charge in [-0.25, -0.2) is 0 Å². The quantitative estimate of drug-likeness (QED) is 0.760. The summed E-state index contributed by atoms with van der Waals surface area (Å²) in [5.41, 5.74) is 0. The molecule has 1 heterocycles. The molecule has 0 N–H and O–H groups in total. The summed E-state index contributed by atoms with van der Waals surface area (Å²) in [5.74, 6) is 0. The minimum atomic E-state index is 0.899. The molecular formula is C7H12BrN3. The fraction of sp³-hybridized carbons (Fsp3) is 0.571. The van der Waals surface area contributed by atoms with Gasteiger partial charge in [-0.05, 0) is 36.1 Å². The molecule has 0 saturated heterocycles. The van der Waals surface area contributed by atoms with Crippen molar-refractivity contribution < 1.29 is 0 Å². The first kappa shape index (κ1) is 8.74. The first-order chi connectivity index (χ1) is 5.18. The largest absolute Gasteiger partial charge is 0.308 e. The van der Waals surface area contributed by atoms with Crippen LogP contribution in [0.2, 0.25) is 0 Å². The van der Waals surface area contributed by atoms with E-state index in [0.717, 1.165) is 17.7 Å². The lowest BCUT2D eigenvalue weighted by Crippen LogP contribution is -2.18. The Balaban J connectivity index is 2.39. The molecule has 1 aromatic rings. The minimum Gasteiger partial charge on any atom is -0.308 e. The maximum Gasteiger partial charge on any atom is 0.128 e. The summed E-state index contributed by atoms with van der Waals surface area (Å²) in [6.07, 6.45) is 1.97. The highest BCUT2D eigenvalue weighted by Gasteiger charge is 1.94. The fourth-order valence-corrected chi connectivity index (χ4v) is 1.09. The standard InChI is InChI=1S/C7H12BrN3/c1-10(2)5-6-11-4-3-7(8)9-11/h3-4H,5-6H2,1-2H3. The predicted octanol–water partition coefficient (Wildman–Crippen LogP) is 1.21. The molecule has 0 saturated carbocycles. The normalized spacial score (nSPS) is 10.9. The van der Waals surface area contributed by atoms with E-state index in [2.05, 4.69) is 40.0 Å². The molecule has 1 rings (SSSR count). The monoisotopic (exact) mass is 217 g/mol. The Kier molecular flexibility index (Phi) is 3.08. The van der Waals surface area contributed by atoms with E-state index in [0.29, 0.717) is 0 Å². The maximum atomic E-state index is 4.19. The Hall–Kier alpha value is -0.350. The lowest BCUT2D eigenvalue weighted by molar-refractivity contribution is 0.373. The van der Waals surface area contributed by atoms with Crippen LogP contribution in [-0.4, -0.2) is 35.3 Å². The molecule has 0 bridgehead atoms. The van der Waals surface area contributed by atoms with Crippen LogP contribution in [0.5, 0.6) is 0 Å². The van der Waals surface area contributed by atoms with Crippen molar-refractivity contribution in [3.63, 3.8) is 0 Å². The molecule has 0 radical (unpaired) electrons. The minimum absolute atomic E-state index is 0.899. The zero-order chi connectivity index (χ0) is 8.27. The van der Waals surface area contributed by atoms with Crippen LogP contribution in [0.4, 0.5) is 0 Å². The van der Waals surface area contributed by atoms with E-state index in [1.807, 2.05) is 16.9 Å². The highest BCUT2D eigenvalue weighted by molar-refractivity contribution is 9.10. The lowest BCUT2D eigenvalue weighted by Gasteiger charge is -2.08. The summed E-state index contributed by atoms with van der Waals surface area (Å²) in [4.78, 5) is 2.13. The molecule has 62 valence electrons. The van der Waals surface area contributed by atoms with E-state index in [-0.39, 0.29) is 0 Å². The van der Waals surface area contributed by atoms with Crippen molar-refractivity contribution in [3.8, 4) is 0 Å². The van der Waals surface area contributed by atoms with Gasteiger partial charge in [-0.3, -0.25) is 4.68 Å². The molecule has 11 heavy (non-hydrogen) atoms. The predicted molar refractivity (Wildman–Crippen MR) is 48.5 cm³/mol. The molecule has 0 amide bonds. The van der Waals surface area contributed by atoms with Crippen LogP contribution >= 0.6 is 15.9 Å². The average molecular weight is 218 g/mol. The summed E-state index contributed by atoms with van der Waals surface area (Å²) >= 11 is 3.29. The molecular weight excluding hydrogens is 206 g/mol. The number of rotatable bonds is 3. The van der Waals surface area contributed by atoms with E-state index in [1.54, 1.807) is 0 Å². The summed E-state index contributed by atoms with van der Waals surface area (Å²) in [6.45, 7) is 1.96. The van der Waals surface area contributed by atoms with Gasteiger partial charge in [-0.15, -0.1) is 0 Å². The lowest BCUT2D eigenvalue weighted by atomic mass is 10.6. The Morgan fingerprint density at radius 3 is 2.82 bits per heavy atom. The number of hydrogen-bond donors (Lipinski definition) is 0. The topological polar surface area (TPSA) is 21.1 Å². The van der Waals surface area contributed by atoms with Crippen LogP contribution in [0.1, 0.15) is 0 Å². The number of aromatic nitrogens is 2. The zero-order valence-electron chi connectivity index (χ0n) is 6.79. The van der Waals surface area contributed by atoms with Gasteiger partial charge in [-0.1, -0.05) is 0 Å². The molecule has 0 spiro atoms. The molecule has 0 unspecified atom stereocenters. The Labute approximate surface area is 75.1 Å². The van der Waals surface area contributed by atoms with Crippen molar-refractivity contribution >= 4 is 15.9 Å². The van der Waals surface area contributed by atoms with Crippen molar-refractivity contribution in [3.05, 3.63) is 16.9 Å². The van der Waals surface area contributed by atoms with E-state index in [1.165, 1.54) is 0 Å². The number of hydrogen-bond acceptors (Lipinski definition) is 2. The third kappa shape index (κ3) is 3.03. The van der Waals surface area contributed by atoms with Crippen molar-refractivity contribution in [2.24, 2.45) is 0 Å². The van der Waals surface area contributed by atoms with Crippen molar-refractivity contribution in [2.75, 3.05) is 20.6 Å². The van der Waals surface area contributed by atoms with Gasteiger partial charge in [0.2, 0.25) is 0 Å². The van der Waals surface area contributed by atoms with Crippen LogP contribution in [0.15, 0.2) is 16.9 Å². The molecule has 0 fully saturated rings. The van der Waals surface area contributed by atoms with Crippen LogP contribution in [0, 0.1) is 0 Å². The molecule has 3 nitrogen and oxygen atoms in total. The van der Waals surface area contributed by atoms with Gasteiger partial charge in [0, 0.05) is 12.7 Å². The van der Waals surface area contributed by atoms with Gasteiger partial charge in [0.1, 0.15) is 4.60 Å². The van der Waals surface area contributed by atoms with Crippen LogP contribution in [0.3, 0.4) is 0 Å². The zero-order valence-corrected chi connectivity index (χ0v) is 8.37. The van der Waals surface area contributed by atoms with Gasteiger partial charge >= 0.3 is 0 Å². The van der Waals surface area contributed by atoms with Crippen molar-refractivity contribution in [1.29, 1.82) is 0 Å². The third-order valence-electron chi connectivity index (χ3n) is 1.38. The van der Waals surface area contributed by atoms with Gasteiger partial charge in [-0.2, -0.15) is 5.10 Å². The van der Waals surface area contributed by atoms with Crippen molar-refractivity contribution in [2.45, 2.75) is 6.54 Å². The van der Waals surface area contributed by atoms with Gasteiger partial charge in [0.05, 0.1) is 6.54 Å². The number of nitrogens with zero attached hydrogens (tertiary/aromatic N) is 3. The fourth-order valence-electron chi connectivity index (χ4n) is 0.764. The highest BCUT2D eigenvalue weighted by Crippen LogP contribution is 2.03. The summed E-state index contributed by atoms with van der Waals surface area (Å²) in [5, 5.41) is 4.19. The van der Waals surface area contributed by atoms with Crippen LogP contribution in [-0.2, 0) is 6.54 Å². The van der Waals surface area contributed by atoms with Crippen LogP contribution in [0.25, 0.3) is 0 Å². The van der Waals surface area contributed by atoms with E-state index in [4.69, 9.17) is 0 Å². The maximum absolute atomic E-state index is 4.19. The first-order valence-electron chi connectivity index (χ1n) is 3.52. The summed E-state index contributed by atoms with van der Waals surface area (Å²) < 4.78 is 2.82.